The third kappa shape index (κ3) is 2.84. The van der Waals surface area contributed by atoms with Crippen molar-refractivity contribution in [3.8, 4) is 0 Å². The van der Waals surface area contributed by atoms with E-state index >= 15 is 0 Å². The predicted octanol–water partition coefficient (Wildman–Crippen LogP) is 2.34. The van der Waals surface area contributed by atoms with Gasteiger partial charge in [-0.15, -0.1) is 0 Å². The lowest BCUT2D eigenvalue weighted by molar-refractivity contribution is 0.112. The normalized spacial score (nSPS) is 15.6. The van der Waals surface area contributed by atoms with Crippen LogP contribution >= 0.6 is 11.3 Å². The zero-order valence-electron chi connectivity index (χ0n) is 10.3. The predicted molar refractivity (Wildman–Crippen MR) is 68.8 cm³/mol. The minimum atomic E-state index is 0.405. The third-order valence-corrected chi connectivity index (χ3v) is 4.33. The van der Waals surface area contributed by atoms with Crippen LogP contribution in [0.25, 0.3) is 0 Å². The fourth-order valence-corrected chi connectivity index (χ4v) is 2.84. The largest absolute Gasteiger partial charge is 0.378 e. The van der Waals surface area contributed by atoms with Crippen LogP contribution in [-0.4, -0.2) is 32.0 Å². The molecule has 0 aliphatic heterocycles. The number of anilines is 1. The lowest BCUT2D eigenvalue weighted by atomic mass is 9.85. The first-order chi connectivity index (χ1) is 8.24. The molecule has 0 radical (unpaired) electrons. The van der Waals surface area contributed by atoms with Gasteiger partial charge in [0.05, 0.1) is 17.2 Å². The summed E-state index contributed by atoms with van der Waals surface area (Å²) in [5.41, 5.74) is 0.753. The summed E-state index contributed by atoms with van der Waals surface area (Å²) in [5, 5.41) is 0.922. The molecule has 0 bridgehead atoms. The fraction of sp³-hybridized carbons (Fsp3) is 0.667. The summed E-state index contributed by atoms with van der Waals surface area (Å²) in [6.07, 6.45) is 4.86. The summed E-state index contributed by atoms with van der Waals surface area (Å²) in [6.45, 7) is 1.44. The molecule has 0 unspecified atom stereocenters. The van der Waals surface area contributed by atoms with Crippen molar-refractivity contribution in [1.29, 1.82) is 0 Å². The number of aldehydes is 1. The molecule has 0 saturated heterocycles. The van der Waals surface area contributed by atoms with Gasteiger partial charge in [-0.25, -0.2) is 4.98 Å². The van der Waals surface area contributed by atoms with Crippen LogP contribution in [0.4, 0.5) is 5.13 Å². The van der Waals surface area contributed by atoms with E-state index in [1.54, 1.807) is 7.11 Å². The van der Waals surface area contributed by atoms with Crippen LogP contribution < -0.4 is 4.90 Å². The van der Waals surface area contributed by atoms with E-state index in [0.717, 1.165) is 29.6 Å². The summed E-state index contributed by atoms with van der Waals surface area (Å²) >= 11 is 1.45. The zero-order chi connectivity index (χ0) is 12.3. The molecule has 1 fully saturated rings. The maximum absolute atomic E-state index is 10.9. The minimum Gasteiger partial charge on any atom is -0.378 e. The van der Waals surface area contributed by atoms with Crippen LogP contribution in [0.3, 0.4) is 0 Å². The molecule has 4 nitrogen and oxygen atoms in total. The van der Waals surface area contributed by atoms with Crippen LogP contribution in [0.1, 0.15) is 34.6 Å². The number of thiazole rings is 1. The molecule has 5 heteroatoms. The van der Waals surface area contributed by atoms with E-state index in [1.165, 1.54) is 30.6 Å². The average Bonchev–Trinajstić information content (AvgIpc) is 2.67. The molecule has 0 N–H and O–H groups in total. The molecule has 1 aliphatic carbocycles. The van der Waals surface area contributed by atoms with Gasteiger partial charge in [0.1, 0.15) is 0 Å². The smallest absolute Gasteiger partial charge is 0.186 e. The van der Waals surface area contributed by atoms with Crippen molar-refractivity contribution >= 4 is 22.8 Å². The van der Waals surface area contributed by atoms with Crippen LogP contribution in [-0.2, 0) is 11.3 Å². The van der Waals surface area contributed by atoms with Gasteiger partial charge >= 0.3 is 0 Å². The Hall–Kier alpha value is -0.940. The second-order valence-corrected chi connectivity index (χ2v) is 5.54. The topological polar surface area (TPSA) is 42.4 Å². The maximum atomic E-state index is 10.9. The average molecular weight is 254 g/mol. The maximum Gasteiger partial charge on any atom is 0.186 e. The monoisotopic (exact) mass is 254 g/mol. The van der Waals surface area contributed by atoms with Crippen molar-refractivity contribution in [2.75, 3.05) is 25.6 Å². The van der Waals surface area contributed by atoms with Crippen molar-refractivity contribution in [2.45, 2.75) is 25.9 Å². The second-order valence-electron chi connectivity index (χ2n) is 4.54. The van der Waals surface area contributed by atoms with Gasteiger partial charge in [-0.3, -0.25) is 4.79 Å². The summed E-state index contributed by atoms with van der Waals surface area (Å²) < 4.78 is 5.04. The molecule has 0 atom stereocenters. The van der Waals surface area contributed by atoms with E-state index in [1.807, 2.05) is 7.05 Å². The molecule has 2 rings (SSSR count). The van der Waals surface area contributed by atoms with E-state index in [2.05, 4.69) is 9.88 Å². The van der Waals surface area contributed by atoms with E-state index in [-0.39, 0.29) is 0 Å². The quantitative estimate of drug-likeness (QED) is 0.731. The highest BCUT2D eigenvalue weighted by Gasteiger charge is 2.21. The SMILES string of the molecule is COCc1nc(N(C)CC2CCC2)sc1C=O. The Labute approximate surface area is 106 Å². The molecule has 0 aromatic carbocycles. The molecule has 17 heavy (non-hydrogen) atoms. The van der Waals surface area contributed by atoms with E-state index < -0.39 is 0 Å². The highest BCUT2D eigenvalue weighted by molar-refractivity contribution is 7.17. The fourth-order valence-electron chi connectivity index (χ4n) is 1.99. The van der Waals surface area contributed by atoms with Crippen molar-refractivity contribution in [3.05, 3.63) is 10.6 Å². The lowest BCUT2D eigenvalue weighted by Gasteiger charge is -2.29. The first-order valence-corrected chi connectivity index (χ1v) is 6.71. The molecule has 0 amide bonds. The van der Waals surface area contributed by atoms with Gasteiger partial charge in [0.2, 0.25) is 0 Å². The molecule has 94 valence electrons. The minimum absolute atomic E-state index is 0.405. The Kier molecular flexibility index (Phi) is 4.12. The number of carbonyl (C=O) groups is 1. The molecule has 0 spiro atoms. The van der Waals surface area contributed by atoms with Crippen molar-refractivity contribution < 1.29 is 9.53 Å². The van der Waals surface area contributed by atoms with Crippen molar-refractivity contribution in [2.24, 2.45) is 5.92 Å². The van der Waals surface area contributed by atoms with Crippen LogP contribution in [0.2, 0.25) is 0 Å². The standard InChI is InChI=1S/C12H18N2O2S/c1-14(6-9-4-3-5-9)12-13-10(8-16-2)11(7-15)17-12/h7,9H,3-6,8H2,1-2H3. The van der Waals surface area contributed by atoms with Gasteiger partial charge in [0.25, 0.3) is 0 Å². The van der Waals surface area contributed by atoms with Gasteiger partial charge in [0.15, 0.2) is 11.4 Å². The van der Waals surface area contributed by atoms with Crippen molar-refractivity contribution in [1.82, 2.24) is 4.98 Å². The van der Waals surface area contributed by atoms with Gasteiger partial charge in [-0.1, -0.05) is 17.8 Å². The molecule has 1 aliphatic rings. The number of aromatic nitrogens is 1. The van der Waals surface area contributed by atoms with Gasteiger partial charge < -0.3 is 9.64 Å². The third-order valence-electron chi connectivity index (χ3n) is 3.19. The van der Waals surface area contributed by atoms with Gasteiger partial charge in [-0.2, -0.15) is 0 Å². The summed E-state index contributed by atoms with van der Waals surface area (Å²) in [7, 11) is 3.66. The highest BCUT2D eigenvalue weighted by Crippen LogP contribution is 2.30. The van der Waals surface area contributed by atoms with Gasteiger partial charge in [0, 0.05) is 20.7 Å². The second kappa shape index (κ2) is 5.60. The Morgan fingerprint density at radius 3 is 2.88 bits per heavy atom. The number of methoxy groups -OCH3 is 1. The number of hydrogen-bond donors (Lipinski definition) is 0. The number of carbonyl (C=O) groups excluding carboxylic acids is 1. The zero-order valence-corrected chi connectivity index (χ0v) is 11.1. The van der Waals surface area contributed by atoms with Crippen LogP contribution in [0.5, 0.6) is 0 Å². The van der Waals surface area contributed by atoms with Crippen LogP contribution in [0.15, 0.2) is 0 Å². The first-order valence-electron chi connectivity index (χ1n) is 5.89. The van der Waals surface area contributed by atoms with Crippen LogP contribution in [0, 0.1) is 5.92 Å². The Balaban J connectivity index is 2.05. The van der Waals surface area contributed by atoms with Crippen molar-refractivity contribution in [3.63, 3.8) is 0 Å². The number of hydrogen-bond acceptors (Lipinski definition) is 5. The summed E-state index contributed by atoms with van der Waals surface area (Å²) in [4.78, 5) is 18.2. The lowest BCUT2D eigenvalue weighted by Crippen LogP contribution is -2.29. The molecule has 1 heterocycles. The number of rotatable bonds is 6. The molecule has 1 aromatic rings. The highest BCUT2D eigenvalue weighted by atomic mass is 32.1. The molecule has 1 aromatic heterocycles. The van der Waals surface area contributed by atoms with E-state index in [0.29, 0.717) is 11.5 Å². The van der Waals surface area contributed by atoms with E-state index in [9.17, 15) is 4.79 Å². The first kappa shape index (κ1) is 12.5. The molecule has 1 saturated carbocycles. The Morgan fingerprint density at radius 1 is 1.59 bits per heavy atom. The number of nitrogens with zero attached hydrogens (tertiary/aromatic N) is 2. The molecular formula is C12H18N2O2S. The van der Waals surface area contributed by atoms with E-state index in [4.69, 9.17) is 4.74 Å². The summed E-state index contributed by atoms with van der Waals surface area (Å²) in [5.74, 6) is 0.800. The molecular weight excluding hydrogens is 236 g/mol. The summed E-state index contributed by atoms with van der Waals surface area (Å²) in [6, 6.07) is 0. The number of ether oxygens (including phenoxy) is 1. The Bertz CT molecular complexity index is 388. The van der Waals surface area contributed by atoms with Gasteiger partial charge in [-0.05, 0) is 18.8 Å². The Morgan fingerprint density at radius 2 is 2.35 bits per heavy atom.